The molecule has 172 valence electrons. The van der Waals surface area contributed by atoms with Gasteiger partial charge in [0.2, 0.25) is 0 Å². The third kappa shape index (κ3) is 4.60. The minimum absolute atomic E-state index is 0.00282. The molecule has 0 spiro atoms. The second kappa shape index (κ2) is 8.16. The fraction of sp³-hybridized carbons (Fsp3) is 0.810. The third-order valence-electron chi connectivity index (χ3n) is 7.66. The Morgan fingerprint density at radius 1 is 1.17 bits per heavy atom. The lowest BCUT2D eigenvalue weighted by atomic mass is 10.2. The Labute approximate surface area is 183 Å². The van der Waals surface area contributed by atoms with E-state index in [1.54, 1.807) is 12.3 Å². The van der Waals surface area contributed by atoms with Gasteiger partial charge in [-0.25, -0.2) is 4.79 Å². The van der Waals surface area contributed by atoms with Crippen LogP contribution in [0.5, 0.6) is 0 Å². The van der Waals surface area contributed by atoms with Crippen LogP contribution >= 0.6 is 0 Å². The van der Waals surface area contributed by atoms with Crippen molar-refractivity contribution < 1.29 is 14.3 Å². The zero-order chi connectivity index (χ0) is 23.3. The lowest BCUT2D eigenvalue weighted by Gasteiger charge is -2.48. The molecule has 0 saturated carbocycles. The second-order valence-corrected chi connectivity index (χ2v) is 22.0. The van der Waals surface area contributed by atoms with Crippen LogP contribution in [0.3, 0.4) is 0 Å². The standard InChI is InChI=1S/C21H41N3O4Si2/c1-20(2,3)29(7,8)17-14(13-25)27-18(24-12-11-15(22)23-19(24)26)16(17)28-30(9,10)21(4,5)6/h11-12,14,16-18,25H,13H2,1-10H3,(H2,22,23,26)/t14?,16-,17?,18+/m0/s1. The number of aliphatic hydroxyl groups excluding tert-OH is 1. The predicted octanol–water partition coefficient (Wildman–Crippen LogP) is 3.98. The minimum atomic E-state index is -2.19. The van der Waals surface area contributed by atoms with Gasteiger partial charge in [-0.2, -0.15) is 4.98 Å². The summed E-state index contributed by atoms with van der Waals surface area (Å²) < 4.78 is 14.8. The first-order valence-corrected chi connectivity index (χ1v) is 16.7. The van der Waals surface area contributed by atoms with Crippen molar-refractivity contribution in [2.75, 3.05) is 12.3 Å². The molecule has 3 N–H and O–H groups in total. The number of nitrogen functional groups attached to an aromatic ring is 1. The van der Waals surface area contributed by atoms with Crippen molar-refractivity contribution in [3.05, 3.63) is 22.7 Å². The largest absolute Gasteiger partial charge is 0.409 e. The van der Waals surface area contributed by atoms with Gasteiger partial charge in [0.05, 0.1) is 26.9 Å². The van der Waals surface area contributed by atoms with Crippen LogP contribution in [0.4, 0.5) is 5.82 Å². The molecule has 0 radical (unpaired) electrons. The average Bonchev–Trinajstić information content (AvgIpc) is 2.91. The summed E-state index contributed by atoms with van der Waals surface area (Å²) in [7, 11) is -4.22. The van der Waals surface area contributed by atoms with Gasteiger partial charge >= 0.3 is 5.69 Å². The minimum Gasteiger partial charge on any atom is -0.409 e. The second-order valence-electron chi connectivity index (χ2n) is 11.6. The van der Waals surface area contributed by atoms with E-state index >= 15 is 0 Å². The van der Waals surface area contributed by atoms with E-state index in [0.717, 1.165) is 0 Å². The van der Waals surface area contributed by atoms with Crippen LogP contribution in [0.2, 0.25) is 41.8 Å². The van der Waals surface area contributed by atoms with Gasteiger partial charge in [0, 0.05) is 11.7 Å². The number of nitrogens with zero attached hydrogens (tertiary/aromatic N) is 2. The maximum atomic E-state index is 12.7. The molecule has 30 heavy (non-hydrogen) atoms. The van der Waals surface area contributed by atoms with E-state index in [9.17, 15) is 9.90 Å². The van der Waals surface area contributed by atoms with Crippen LogP contribution < -0.4 is 11.4 Å². The smallest absolute Gasteiger partial charge is 0.351 e. The Kier molecular flexibility index (Phi) is 6.87. The normalized spacial score (nSPS) is 26.2. The SMILES string of the molecule is CC(C)(C)[Si](C)(C)O[C@H]1C([Si](C)(C)C(C)(C)C)C(CO)O[C@H]1n1ccc(N)nc1=O. The highest BCUT2D eigenvalue weighted by Crippen LogP contribution is 2.55. The Morgan fingerprint density at radius 3 is 2.17 bits per heavy atom. The first-order chi connectivity index (χ1) is 13.4. The zero-order valence-corrected chi connectivity index (χ0v) is 22.3. The summed E-state index contributed by atoms with van der Waals surface area (Å²) in [5, 5.41) is 10.3. The van der Waals surface area contributed by atoms with Gasteiger partial charge in [0.15, 0.2) is 14.5 Å². The van der Waals surface area contributed by atoms with E-state index in [2.05, 4.69) is 72.7 Å². The number of aliphatic hydroxyl groups is 1. The van der Waals surface area contributed by atoms with E-state index in [1.165, 1.54) is 4.57 Å². The molecule has 1 saturated heterocycles. The number of nitrogens with two attached hydrogens (primary N) is 1. The van der Waals surface area contributed by atoms with Crippen molar-refractivity contribution in [1.29, 1.82) is 0 Å². The predicted molar refractivity (Wildman–Crippen MR) is 127 cm³/mol. The molecular weight excluding hydrogens is 414 g/mol. The Bertz CT molecular complexity index is 812. The molecule has 1 aromatic rings. The molecular formula is C21H41N3O4Si2. The summed E-state index contributed by atoms with van der Waals surface area (Å²) >= 11 is 0. The molecule has 1 aromatic heterocycles. The maximum Gasteiger partial charge on any atom is 0.351 e. The van der Waals surface area contributed by atoms with E-state index in [1.807, 2.05) is 0 Å². The number of ether oxygens (including phenoxy) is 1. The van der Waals surface area contributed by atoms with Crippen molar-refractivity contribution in [2.45, 2.75) is 102 Å². The molecule has 0 aromatic carbocycles. The van der Waals surface area contributed by atoms with E-state index < -0.39 is 34.4 Å². The lowest BCUT2D eigenvalue weighted by molar-refractivity contribution is -0.0502. The molecule has 0 amide bonds. The Balaban J connectivity index is 2.65. The molecule has 1 fully saturated rings. The molecule has 0 aliphatic carbocycles. The van der Waals surface area contributed by atoms with Crippen LogP contribution in [0.25, 0.3) is 0 Å². The summed E-state index contributed by atoms with van der Waals surface area (Å²) in [5.74, 6) is 0.177. The van der Waals surface area contributed by atoms with Crippen LogP contribution in [-0.4, -0.2) is 49.9 Å². The fourth-order valence-electron chi connectivity index (χ4n) is 3.75. The monoisotopic (exact) mass is 455 g/mol. The van der Waals surface area contributed by atoms with Gasteiger partial charge < -0.3 is 20.0 Å². The van der Waals surface area contributed by atoms with Crippen molar-refractivity contribution in [2.24, 2.45) is 0 Å². The van der Waals surface area contributed by atoms with Crippen molar-refractivity contribution >= 4 is 22.2 Å². The molecule has 7 nitrogen and oxygen atoms in total. The van der Waals surface area contributed by atoms with Crippen LogP contribution in [0.1, 0.15) is 47.8 Å². The summed E-state index contributed by atoms with van der Waals surface area (Å²) in [4.78, 5) is 16.6. The molecule has 4 atom stereocenters. The number of aromatic nitrogens is 2. The number of hydrogen-bond donors (Lipinski definition) is 2. The summed E-state index contributed by atoms with van der Waals surface area (Å²) in [6, 6.07) is 1.60. The fourth-order valence-corrected chi connectivity index (χ4v) is 8.35. The van der Waals surface area contributed by atoms with E-state index in [4.69, 9.17) is 14.9 Å². The summed E-state index contributed by atoms with van der Waals surface area (Å²) in [5.41, 5.74) is 5.26. The average molecular weight is 456 g/mol. The number of rotatable bonds is 5. The molecule has 2 heterocycles. The van der Waals surface area contributed by atoms with Gasteiger partial charge in [-0.1, -0.05) is 54.6 Å². The number of hydrogen-bond acceptors (Lipinski definition) is 6. The lowest BCUT2D eigenvalue weighted by Crippen LogP contribution is -2.54. The maximum absolute atomic E-state index is 12.7. The van der Waals surface area contributed by atoms with Gasteiger partial charge in [0.25, 0.3) is 0 Å². The third-order valence-corrected chi connectivity index (χ3v) is 18.4. The van der Waals surface area contributed by atoms with E-state index in [0.29, 0.717) is 0 Å². The van der Waals surface area contributed by atoms with Gasteiger partial charge in [-0.05, 0) is 29.2 Å². The first kappa shape index (κ1) is 25.3. The molecule has 9 heteroatoms. The molecule has 2 rings (SSSR count). The summed E-state index contributed by atoms with van der Waals surface area (Å²) in [6.45, 7) is 22.3. The summed E-state index contributed by atoms with van der Waals surface area (Å²) in [6.07, 6.45) is 0.248. The van der Waals surface area contributed by atoms with Crippen molar-refractivity contribution in [1.82, 2.24) is 9.55 Å². The van der Waals surface area contributed by atoms with Crippen LogP contribution in [0.15, 0.2) is 17.1 Å². The topological polar surface area (TPSA) is 99.6 Å². The van der Waals surface area contributed by atoms with Gasteiger partial charge in [-0.3, -0.25) is 4.57 Å². The van der Waals surface area contributed by atoms with Crippen LogP contribution in [0, 0.1) is 0 Å². The Morgan fingerprint density at radius 2 is 1.73 bits per heavy atom. The Hall–Kier alpha value is -1.01. The molecule has 0 bridgehead atoms. The highest BCUT2D eigenvalue weighted by atomic mass is 28.4. The molecule has 2 unspecified atom stereocenters. The highest BCUT2D eigenvalue weighted by molar-refractivity contribution is 6.82. The molecule has 1 aliphatic heterocycles. The first-order valence-electron chi connectivity index (χ1n) is 10.7. The van der Waals surface area contributed by atoms with Crippen molar-refractivity contribution in [3.8, 4) is 0 Å². The molecule has 1 aliphatic rings. The van der Waals surface area contributed by atoms with Gasteiger partial charge in [0.1, 0.15) is 5.82 Å². The van der Waals surface area contributed by atoms with Crippen molar-refractivity contribution in [3.63, 3.8) is 0 Å². The highest BCUT2D eigenvalue weighted by Gasteiger charge is 2.58. The quantitative estimate of drug-likeness (QED) is 0.651. The van der Waals surface area contributed by atoms with E-state index in [-0.39, 0.29) is 34.1 Å². The zero-order valence-electron chi connectivity index (χ0n) is 20.3. The van der Waals surface area contributed by atoms with Crippen LogP contribution in [-0.2, 0) is 9.16 Å². The van der Waals surface area contributed by atoms with Gasteiger partial charge in [-0.15, -0.1) is 0 Å². The number of anilines is 1.